The predicted molar refractivity (Wildman–Crippen MR) is 134 cm³/mol. The average Bonchev–Trinajstić information content (AvgIpc) is 3.17. The molecule has 37 heavy (non-hydrogen) atoms. The van der Waals surface area contributed by atoms with Crippen LogP contribution in [0.15, 0.2) is 42.7 Å². The number of nitrogens with zero attached hydrogens (tertiary/aromatic N) is 4. The van der Waals surface area contributed by atoms with E-state index in [1.54, 1.807) is 18.2 Å². The quantitative estimate of drug-likeness (QED) is 0.332. The van der Waals surface area contributed by atoms with Gasteiger partial charge in [0.05, 0.1) is 22.0 Å². The highest BCUT2D eigenvalue weighted by Gasteiger charge is 2.34. The second kappa shape index (κ2) is 9.41. The van der Waals surface area contributed by atoms with Gasteiger partial charge in [0, 0.05) is 16.8 Å². The number of hydrogen-bond donors (Lipinski definition) is 2. The van der Waals surface area contributed by atoms with E-state index < -0.39 is 22.7 Å². The first-order valence-electron chi connectivity index (χ1n) is 11.4. The molecule has 7 nitrogen and oxygen atoms in total. The maximum Gasteiger partial charge on any atom is 0.417 e. The first-order chi connectivity index (χ1) is 17.6. The summed E-state index contributed by atoms with van der Waals surface area (Å²) in [7, 11) is 0. The minimum Gasteiger partial charge on any atom is -0.383 e. The third-order valence-electron chi connectivity index (χ3n) is 6.28. The number of halogens is 4. The van der Waals surface area contributed by atoms with E-state index in [0.29, 0.717) is 33.8 Å². The Labute approximate surface area is 214 Å². The number of alkyl halides is 3. The molecule has 1 aliphatic rings. The van der Waals surface area contributed by atoms with Crippen molar-refractivity contribution in [1.29, 1.82) is 0 Å². The molecular weight excluding hydrogens is 505 g/mol. The smallest absolute Gasteiger partial charge is 0.383 e. The number of nitrogens with two attached hydrogens (primary N) is 1. The number of aromatic nitrogens is 4. The molecule has 1 aliphatic carbocycles. The number of carbonyl (C=O) groups is 1. The molecule has 1 saturated carbocycles. The third kappa shape index (κ3) is 4.82. The number of nitrogen functional groups attached to an aromatic ring is 1. The number of carbonyl (C=O) groups excluding carboxylic acids is 1. The molecule has 1 amide bonds. The molecular formula is C26H20ClF3N6O. The highest BCUT2D eigenvalue weighted by atomic mass is 35.5. The maximum absolute atomic E-state index is 13.2. The number of amides is 1. The van der Waals surface area contributed by atoms with E-state index in [2.05, 4.69) is 32.2 Å². The van der Waals surface area contributed by atoms with E-state index in [1.807, 2.05) is 11.6 Å². The molecule has 0 unspecified atom stereocenters. The lowest BCUT2D eigenvalue weighted by Gasteiger charge is -2.25. The van der Waals surface area contributed by atoms with Gasteiger partial charge >= 0.3 is 6.18 Å². The van der Waals surface area contributed by atoms with Crippen LogP contribution < -0.4 is 11.1 Å². The highest BCUT2D eigenvalue weighted by Crippen LogP contribution is 2.36. The fourth-order valence-electron chi connectivity index (χ4n) is 4.02. The predicted octanol–water partition coefficient (Wildman–Crippen LogP) is 5.77. The van der Waals surface area contributed by atoms with Crippen LogP contribution in [0.1, 0.15) is 58.0 Å². The molecule has 2 aromatic carbocycles. The van der Waals surface area contributed by atoms with Gasteiger partial charge in [-0.1, -0.05) is 23.6 Å². The number of anilines is 2. The zero-order valence-electron chi connectivity index (χ0n) is 19.5. The summed E-state index contributed by atoms with van der Waals surface area (Å²) in [6.45, 7) is 1.85. The molecule has 2 aromatic heterocycles. The topological polar surface area (TPSA) is 98.7 Å². The van der Waals surface area contributed by atoms with Gasteiger partial charge in [0.25, 0.3) is 5.91 Å². The maximum atomic E-state index is 13.2. The van der Waals surface area contributed by atoms with Gasteiger partial charge in [-0.05, 0) is 68.0 Å². The summed E-state index contributed by atoms with van der Waals surface area (Å²) in [5.74, 6) is 5.71. The lowest BCUT2D eigenvalue weighted by molar-refractivity contribution is -0.137. The van der Waals surface area contributed by atoms with Gasteiger partial charge in [0.2, 0.25) is 0 Å². The Balaban J connectivity index is 1.44. The second-order valence-electron chi connectivity index (χ2n) is 8.76. The van der Waals surface area contributed by atoms with Gasteiger partial charge in [0.1, 0.15) is 17.8 Å². The number of aryl methyl sites for hydroxylation is 1. The summed E-state index contributed by atoms with van der Waals surface area (Å²) in [6, 6.07) is 8.30. The largest absolute Gasteiger partial charge is 0.417 e. The Morgan fingerprint density at radius 2 is 1.95 bits per heavy atom. The molecule has 0 atom stereocenters. The number of rotatable bonds is 3. The Bertz CT molecular complexity index is 1600. The molecule has 2 heterocycles. The van der Waals surface area contributed by atoms with E-state index >= 15 is 0 Å². The molecule has 0 saturated heterocycles. The van der Waals surface area contributed by atoms with Crippen molar-refractivity contribution in [3.63, 3.8) is 0 Å². The summed E-state index contributed by atoms with van der Waals surface area (Å²) in [6.07, 6.45) is -0.136. The van der Waals surface area contributed by atoms with Crippen LogP contribution in [0.4, 0.5) is 24.7 Å². The van der Waals surface area contributed by atoms with Gasteiger partial charge in [-0.25, -0.2) is 14.6 Å². The molecule has 11 heteroatoms. The monoisotopic (exact) mass is 524 g/mol. The van der Waals surface area contributed by atoms with Crippen molar-refractivity contribution in [1.82, 2.24) is 19.7 Å². The van der Waals surface area contributed by atoms with Crippen molar-refractivity contribution in [3.05, 3.63) is 75.7 Å². The van der Waals surface area contributed by atoms with Crippen LogP contribution in [0.3, 0.4) is 0 Å². The van der Waals surface area contributed by atoms with Gasteiger partial charge < -0.3 is 11.1 Å². The first kappa shape index (κ1) is 24.6. The molecule has 0 spiro atoms. The third-order valence-corrected chi connectivity index (χ3v) is 6.61. The van der Waals surface area contributed by atoms with Crippen LogP contribution in [-0.4, -0.2) is 25.7 Å². The van der Waals surface area contributed by atoms with E-state index in [4.69, 9.17) is 17.3 Å². The van der Waals surface area contributed by atoms with E-state index in [1.165, 1.54) is 12.4 Å². The standard InChI is InChI=1S/C26H20ClF3N6O/c1-14-5-8-17(34-25(37)16-6-9-20(27)19(12-16)26(28,29)30)11-15(14)7-10-21-22-23(31)32-13-33-24(22)36(35-21)18-3-2-4-18/h5-6,8-9,11-13,18H,2-4H2,1H3,(H,34,37)(H2,31,32,33). The first-order valence-corrected chi connectivity index (χ1v) is 11.8. The van der Waals surface area contributed by atoms with Gasteiger partial charge in [-0.3, -0.25) is 4.79 Å². The van der Waals surface area contributed by atoms with Crippen LogP contribution in [0.5, 0.6) is 0 Å². The number of fused-ring (bicyclic) bond motifs is 1. The van der Waals surface area contributed by atoms with E-state index in [9.17, 15) is 18.0 Å². The normalized spacial score (nSPS) is 13.6. The van der Waals surface area contributed by atoms with E-state index in [0.717, 1.165) is 37.0 Å². The van der Waals surface area contributed by atoms with Crippen molar-refractivity contribution < 1.29 is 18.0 Å². The molecule has 5 rings (SSSR count). The molecule has 188 valence electrons. The Morgan fingerprint density at radius 3 is 2.65 bits per heavy atom. The van der Waals surface area contributed by atoms with Crippen LogP contribution in [0, 0.1) is 18.8 Å². The fourth-order valence-corrected chi connectivity index (χ4v) is 4.24. The fraction of sp³-hybridized carbons (Fsp3) is 0.231. The summed E-state index contributed by atoms with van der Waals surface area (Å²) in [5.41, 5.74) is 7.77. The van der Waals surface area contributed by atoms with Crippen LogP contribution in [0.25, 0.3) is 11.0 Å². The zero-order chi connectivity index (χ0) is 26.3. The van der Waals surface area contributed by atoms with Crippen molar-refractivity contribution >= 4 is 40.0 Å². The molecule has 0 radical (unpaired) electrons. The average molecular weight is 525 g/mol. The van der Waals surface area contributed by atoms with Crippen LogP contribution in [0.2, 0.25) is 5.02 Å². The minimum absolute atomic E-state index is 0.173. The second-order valence-corrected chi connectivity index (χ2v) is 9.17. The zero-order valence-corrected chi connectivity index (χ0v) is 20.3. The highest BCUT2D eigenvalue weighted by molar-refractivity contribution is 6.31. The Kier molecular flexibility index (Phi) is 6.25. The summed E-state index contributed by atoms with van der Waals surface area (Å²) < 4.78 is 41.4. The SMILES string of the molecule is Cc1ccc(NC(=O)c2ccc(Cl)c(C(F)(F)F)c2)cc1C#Cc1nn(C2CCC2)c2ncnc(N)c12. The van der Waals surface area contributed by atoms with Gasteiger partial charge in [0.15, 0.2) is 5.65 Å². The number of hydrogen-bond acceptors (Lipinski definition) is 5. The Morgan fingerprint density at radius 1 is 1.16 bits per heavy atom. The van der Waals surface area contributed by atoms with E-state index in [-0.39, 0.29) is 11.6 Å². The lowest BCUT2D eigenvalue weighted by Crippen LogP contribution is -2.18. The van der Waals surface area contributed by atoms with Crippen LogP contribution in [-0.2, 0) is 6.18 Å². The molecule has 4 aromatic rings. The van der Waals surface area contributed by atoms with Gasteiger partial charge in [-0.15, -0.1) is 0 Å². The molecule has 0 aliphatic heterocycles. The summed E-state index contributed by atoms with van der Waals surface area (Å²) in [4.78, 5) is 21.1. The molecule has 0 bridgehead atoms. The summed E-state index contributed by atoms with van der Waals surface area (Å²) in [5, 5.41) is 7.38. The molecule has 3 N–H and O–H groups in total. The van der Waals surface area contributed by atoms with Crippen molar-refractivity contribution in [3.8, 4) is 11.8 Å². The van der Waals surface area contributed by atoms with Crippen molar-refractivity contribution in [2.45, 2.75) is 38.4 Å². The lowest BCUT2D eigenvalue weighted by atomic mass is 9.93. The number of benzene rings is 2. The number of nitrogens with one attached hydrogen (secondary N) is 1. The van der Waals surface area contributed by atoms with Gasteiger partial charge in [-0.2, -0.15) is 18.3 Å². The van der Waals surface area contributed by atoms with Crippen molar-refractivity contribution in [2.24, 2.45) is 0 Å². The van der Waals surface area contributed by atoms with Crippen LogP contribution >= 0.6 is 11.6 Å². The minimum atomic E-state index is -4.68. The Hall–Kier alpha value is -4.10. The molecule has 1 fully saturated rings. The summed E-state index contributed by atoms with van der Waals surface area (Å²) >= 11 is 5.66. The van der Waals surface area contributed by atoms with Crippen molar-refractivity contribution in [2.75, 3.05) is 11.1 Å².